The van der Waals surface area contributed by atoms with Crippen LogP contribution < -0.4 is 14.2 Å². The van der Waals surface area contributed by atoms with Gasteiger partial charge in [-0.05, 0) is 61.7 Å². The Hall–Kier alpha value is -3.10. The molecule has 1 aliphatic heterocycles. The standard InChI is InChI=1S/C27H34FN3O4/c1-32-26-19-22(9-10-25(26)34-18-17-31-15-6-13-29-31)20-30-14-5-11-27(33-2,12-16-30)21-35-24-8-4-3-7-23(24)28/h3-4,6-10,13,15,19H,5,11-12,14,16-18,20-21H2,1-2H3. The monoisotopic (exact) mass is 483 g/mol. The molecule has 3 aromatic rings. The van der Waals surface area contributed by atoms with Gasteiger partial charge in [0.05, 0.1) is 13.7 Å². The SMILES string of the molecule is COc1cc(CN2CCCC(COc3ccccc3F)(OC)CC2)ccc1OCCn1cccn1. The molecule has 0 spiro atoms. The molecule has 1 unspecified atom stereocenters. The maximum absolute atomic E-state index is 14.0. The number of methoxy groups -OCH3 is 2. The van der Waals surface area contributed by atoms with Crippen molar-refractivity contribution in [1.82, 2.24) is 14.7 Å². The van der Waals surface area contributed by atoms with Gasteiger partial charge in [0, 0.05) is 32.6 Å². The lowest BCUT2D eigenvalue weighted by Gasteiger charge is -2.31. The molecule has 7 nitrogen and oxygen atoms in total. The van der Waals surface area contributed by atoms with Crippen molar-refractivity contribution in [2.75, 3.05) is 40.5 Å². The van der Waals surface area contributed by atoms with Gasteiger partial charge in [0.2, 0.25) is 0 Å². The first-order chi connectivity index (χ1) is 17.1. The van der Waals surface area contributed by atoms with Gasteiger partial charge in [-0.25, -0.2) is 4.39 Å². The van der Waals surface area contributed by atoms with Crippen molar-refractivity contribution < 1.29 is 23.3 Å². The first-order valence-electron chi connectivity index (χ1n) is 12.0. The molecule has 1 aromatic heterocycles. The fourth-order valence-corrected chi connectivity index (χ4v) is 4.43. The van der Waals surface area contributed by atoms with Gasteiger partial charge in [0.25, 0.3) is 0 Å². The maximum Gasteiger partial charge on any atom is 0.165 e. The highest BCUT2D eigenvalue weighted by Gasteiger charge is 2.34. The van der Waals surface area contributed by atoms with E-state index >= 15 is 0 Å². The van der Waals surface area contributed by atoms with Crippen molar-refractivity contribution in [3.8, 4) is 17.2 Å². The quantitative estimate of drug-likeness (QED) is 0.399. The van der Waals surface area contributed by atoms with Crippen molar-refractivity contribution in [1.29, 1.82) is 0 Å². The molecule has 1 aliphatic rings. The summed E-state index contributed by atoms with van der Waals surface area (Å²) in [5, 5.41) is 4.19. The van der Waals surface area contributed by atoms with E-state index in [0.717, 1.165) is 56.0 Å². The van der Waals surface area contributed by atoms with E-state index in [4.69, 9.17) is 18.9 Å². The second-order valence-electron chi connectivity index (χ2n) is 8.84. The number of halogens is 1. The van der Waals surface area contributed by atoms with Gasteiger partial charge in [-0.2, -0.15) is 5.10 Å². The van der Waals surface area contributed by atoms with E-state index in [1.165, 1.54) is 6.07 Å². The van der Waals surface area contributed by atoms with Crippen molar-refractivity contribution in [3.05, 3.63) is 72.3 Å². The summed E-state index contributed by atoms with van der Waals surface area (Å²) in [5.41, 5.74) is 0.731. The molecule has 0 amide bonds. The van der Waals surface area contributed by atoms with Crippen molar-refractivity contribution in [3.63, 3.8) is 0 Å². The van der Waals surface area contributed by atoms with Crippen LogP contribution in [0.4, 0.5) is 4.39 Å². The maximum atomic E-state index is 14.0. The highest BCUT2D eigenvalue weighted by atomic mass is 19.1. The predicted octanol–water partition coefficient (Wildman–Crippen LogP) is 4.56. The first-order valence-corrected chi connectivity index (χ1v) is 12.0. The molecule has 35 heavy (non-hydrogen) atoms. The lowest BCUT2D eigenvalue weighted by molar-refractivity contribution is -0.0548. The Morgan fingerprint density at radius 3 is 2.63 bits per heavy atom. The lowest BCUT2D eigenvalue weighted by Crippen LogP contribution is -2.39. The van der Waals surface area contributed by atoms with Crippen molar-refractivity contribution >= 4 is 0 Å². The Bertz CT molecular complexity index is 1060. The van der Waals surface area contributed by atoms with E-state index in [-0.39, 0.29) is 11.6 Å². The number of benzene rings is 2. The van der Waals surface area contributed by atoms with Gasteiger partial charge >= 0.3 is 0 Å². The van der Waals surface area contributed by atoms with Crippen LogP contribution in [-0.2, 0) is 17.8 Å². The average molecular weight is 484 g/mol. The summed E-state index contributed by atoms with van der Waals surface area (Å²) in [5.74, 6) is 1.37. The largest absolute Gasteiger partial charge is 0.493 e. The fraction of sp³-hybridized carbons (Fsp3) is 0.444. The van der Waals surface area contributed by atoms with E-state index in [1.807, 2.05) is 29.1 Å². The number of ether oxygens (including phenoxy) is 4. The van der Waals surface area contributed by atoms with Gasteiger partial charge in [0.15, 0.2) is 23.1 Å². The smallest absolute Gasteiger partial charge is 0.165 e. The number of aromatic nitrogens is 2. The van der Waals surface area contributed by atoms with E-state index in [2.05, 4.69) is 16.1 Å². The van der Waals surface area contributed by atoms with E-state index in [9.17, 15) is 4.39 Å². The molecule has 1 saturated heterocycles. The number of rotatable bonds is 11. The third kappa shape index (κ3) is 6.74. The molecule has 0 bridgehead atoms. The highest BCUT2D eigenvalue weighted by Crippen LogP contribution is 2.31. The van der Waals surface area contributed by atoms with Crippen LogP contribution >= 0.6 is 0 Å². The minimum absolute atomic E-state index is 0.268. The molecule has 0 aliphatic carbocycles. The molecule has 0 saturated carbocycles. The minimum atomic E-state index is -0.430. The number of hydrogen-bond acceptors (Lipinski definition) is 6. The van der Waals surface area contributed by atoms with Crippen LogP contribution in [0.15, 0.2) is 60.9 Å². The van der Waals surface area contributed by atoms with E-state index < -0.39 is 5.60 Å². The molecule has 2 heterocycles. The molecular weight excluding hydrogens is 449 g/mol. The van der Waals surface area contributed by atoms with Gasteiger partial charge in [-0.3, -0.25) is 9.58 Å². The second kappa shape index (κ2) is 12.0. The second-order valence-corrected chi connectivity index (χ2v) is 8.84. The van der Waals surface area contributed by atoms with Gasteiger partial charge in [-0.15, -0.1) is 0 Å². The summed E-state index contributed by atoms with van der Waals surface area (Å²) in [4.78, 5) is 2.41. The molecular formula is C27H34FN3O4. The summed E-state index contributed by atoms with van der Waals surface area (Å²) in [6.45, 7) is 4.13. The van der Waals surface area contributed by atoms with Crippen LogP contribution in [0.3, 0.4) is 0 Å². The van der Waals surface area contributed by atoms with Crippen LogP contribution in [-0.4, -0.2) is 60.8 Å². The Morgan fingerprint density at radius 2 is 1.86 bits per heavy atom. The van der Waals surface area contributed by atoms with Crippen LogP contribution in [0.25, 0.3) is 0 Å². The van der Waals surface area contributed by atoms with Crippen molar-refractivity contribution in [2.24, 2.45) is 0 Å². The summed E-state index contributed by atoms with van der Waals surface area (Å²) in [6.07, 6.45) is 6.31. The predicted molar refractivity (Wildman–Crippen MR) is 131 cm³/mol. The summed E-state index contributed by atoms with van der Waals surface area (Å²) in [6, 6.07) is 14.5. The Kier molecular flexibility index (Phi) is 8.60. The Labute approximate surface area is 206 Å². The number of likely N-dealkylation sites (tertiary alicyclic amines) is 1. The topological polar surface area (TPSA) is 58.0 Å². The van der Waals surface area contributed by atoms with Crippen LogP contribution in [0.2, 0.25) is 0 Å². The summed E-state index contributed by atoms with van der Waals surface area (Å²) < 4.78 is 39.1. The van der Waals surface area contributed by atoms with Crippen LogP contribution in [0, 0.1) is 5.82 Å². The molecule has 1 atom stereocenters. The van der Waals surface area contributed by atoms with Gasteiger partial charge in [0.1, 0.15) is 18.8 Å². The number of nitrogens with zero attached hydrogens (tertiary/aromatic N) is 3. The van der Waals surface area contributed by atoms with E-state index in [1.54, 1.807) is 38.6 Å². The third-order valence-electron chi connectivity index (χ3n) is 6.52. The molecule has 2 aromatic carbocycles. The zero-order valence-corrected chi connectivity index (χ0v) is 20.5. The van der Waals surface area contributed by atoms with Crippen molar-refractivity contribution in [2.45, 2.75) is 38.0 Å². The zero-order chi connectivity index (χ0) is 24.5. The van der Waals surface area contributed by atoms with Crippen LogP contribution in [0.1, 0.15) is 24.8 Å². The molecule has 0 N–H and O–H groups in total. The lowest BCUT2D eigenvalue weighted by atomic mass is 9.95. The fourth-order valence-electron chi connectivity index (χ4n) is 4.43. The van der Waals surface area contributed by atoms with Gasteiger partial charge in [-0.1, -0.05) is 18.2 Å². The average Bonchev–Trinajstić information content (AvgIpc) is 3.32. The normalized spacial score (nSPS) is 18.7. The number of hydrogen-bond donors (Lipinski definition) is 0. The molecule has 188 valence electrons. The number of para-hydroxylation sites is 1. The zero-order valence-electron chi connectivity index (χ0n) is 20.5. The first kappa shape index (κ1) is 25.0. The van der Waals surface area contributed by atoms with E-state index in [0.29, 0.717) is 19.8 Å². The van der Waals surface area contributed by atoms with Gasteiger partial charge < -0.3 is 18.9 Å². The molecule has 0 radical (unpaired) electrons. The Balaban J connectivity index is 1.32. The molecule has 8 heteroatoms. The van der Waals surface area contributed by atoms with Crippen LogP contribution in [0.5, 0.6) is 17.2 Å². The molecule has 4 rings (SSSR count). The minimum Gasteiger partial charge on any atom is -0.493 e. The molecule has 1 fully saturated rings. The summed E-state index contributed by atoms with van der Waals surface area (Å²) in [7, 11) is 3.38. The third-order valence-corrected chi connectivity index (χ3v) is 6.52. The summed E-state index contributed by atoms with van der Waals surface area (Å²) >= 11 is 0. The highest BCUT2D eigenvalue weighted by molar-refractivity contribution is 5.43. The Morgan fingerprint density at radius 1 is 0.971 bits per heavy atom.